The molecule has 1 aromatic carbocycles. The lowest BCUT2D eigenvalue weighted by atomic mass is 10.2. The molecule has 0 saturated carbocycles. The van der Waals surface area contributed by atoms with Crippen LogP contribution in [-0.2, 0) is 4.79 Å². The van der Waals surface area contributed by atoms with Crippen molar-refractivity contribution in [1.29, 1.82) is 0 Å². The molecule has 0 unspecified atom stereocenters. The van der Waals surface area contributed by atoms with E-state index >= 15 is 0 Å². The molecule has 0 bridgehead atoms. The van der Waals surface area contributed by atoms with Gasteiger partial charge in [-0.2, -0.15) is 5.10 Å². The number of hydrogen-bond donors (Lipinski definition) is 4. The van der Waals surface area contributed by atoms with Crippen LogP contribution in [0.5, 0.6) is 0 Å². The van der Waals surface area contributed by atoms with Crippen molar-refractivity contribution >= 4 is 29.5 Å². The van der Waals surface area contributed by atoms with Crippen molar-refractivity contribution in [2.75, 3.05) is 11.9 Å². The molecule has 1 aromatic heterocycles. The molecule has 2 aromatic rings. The standard InChI is InChI=1S/C13H12ClFN6O3/c14-8-2-1-3-9(15)7(8)6-17-19-10(22)4-5-16-11-12(23)18-13(24)21-20-11/h1-3,6H,4-5H2,(H,16,20)(H,19,22)(H2,18,21,23,24)/b17-6+. The Morgan fingerprint density at radius 3 is 2.92 bits per heavy atom. The van der Waals surface area contributed by atoms with Crippen molar-refractivity contribution in [3.05, 3.63) is 55.4 Å². The molecule has 4 N–H and O–H groups in total. The van der Waals surface area contributed by atoms with Crippen LogP contribution in [0.4, 0.5) is 10.2 Å². The van der Waals surface area contributed by atoms with Gasteiger partial charge in [-0.1, -0.05) is 17.7 Å². The van der Waals surface area contributed by atoms with E-state index in [1.165, 1.54) is 18.2 Å². The molecule has 0 aliphatic rings. The van der Waals surface area contributed by atoms with E-state index in [0.717, 1.165) is 6.21 Å². The number of rotatable bonds is 6. The first kappa shape index (κ1) is 17.3. The largest absolute Gasteiger partial charge is 0.364 e. The Hall–Kier alpha value is -3.01. The fourth-order valence-electron chi connectivity index (χ4n) is 1.62. The molecule has 0 fully saturated rings. The lowest BCUT2D eigenvalue weighted by molar-refractivity contribution is -0.120. The Morgan fingerprint density at radius 2 is 2.21 bits per heavy atom. The number of H-pyrrole nitrogens is 2. The fraction of sp³-hybridized carbons (Fsp3) is 0.154. The van der Waals surface area contributed by atoms with Crippen LogP contribution < -0.4 is 22.0 Å². The molecule has 0 radical (unpaired) electrons. The highest BCUT2D eigenvalue weighted by Gasteiger charge is 2.05. The third-order valence-electron chi connectivity index (χ3n) is 2.74. The van der Waals surface area contributed by atoms with Crippen molar-refractivity contribution in [1.82, 2.24) is 20.6 Å². The molecule has 11 heteroatoms. The molecular weight excluding hydrogens is 343 g/mol. The van der Waals surface area contributed by atoms with Crippen molar-refractivity contribution in [3.8, 4) is 0 Å². The van der Waals surface area contributed by atoms with E-state index in [2.05, 4.69) is 20.9 Å². The topological polar surface area (TPSA) is 132 Å². The summed E-state index contributed by atoms with van der Waals surface area (Å²) in [6, 6.07) is 4.16. The highest BCUT2D eigenvalue weighted by atomic mass is 35.5. The van der Waals surface area contributed by atoms with E-state index in [4.69, 9.17) is 11.6 Å². The SMILES string of the molecule is O=C(CCNc1n[nH]c(=O)[nH]c1=O)N/N=C/c1c(F)cccc1Cl. The zero-order valence-corrected chi connectivity index (χ0v) is 12.9. The third-order valence-corrected chi connectivity index (χ3v) is 3.07. The van der Waals surface area contributed by atoms with E-state index in [9.17, 15) is 18.8 Å². The summed E-state index contributed by atoms with van der Waals surface area (Å²) in [4.78, 5) is 35.7. The van der Waals surface area contributed by atoms with Crippen molar-refractivity contribution in [2.45, 2.75) is 6.42 Å². The average molecular weight is 355 g/mol. The Morgan fingerprint density at radius 1 is 1.42 bits per heavy atom. The maximum atomic E-state index is 13.5. The minimum Gasteiger partial charge on any atom is -0.364 e. The second-order valence-electron chi connectivity index (χ2n) is 4.46. The van der Waals surface area contributed by atoms with Crippen LogP contribution in [0.1, 0.15) is 12.0 Å². The Balaban J connectivity index is 1.82. The van der Waals surface area contributed by atoms with Gasteiger partial charge >= 0.3 is 5.69 Å². The monoisotopic (exact) mass is 354 g/mol. The second-order valence-corrected chi connectivity index (χ2v) is 4.87. The molecule has 1 amide bonds. The summed E-state index contributed by atoms with van der Waals surface area (Å²) in [7, 11) is 0. The number of aromatic amines is 2. The molecule has 2 rings (SSSR count). The maximum Gasteiger partial charge on any atom is 0.342 e. The summed E-state index contributed by atoms with van der Waals surface area (Å²) in [6.45, 7) is 0.0733. The predicted octanol–water partition coefficient (Wildman–Crippen LogP) is 0.203. The Labute approximate surface area is 138 Å². The van der Waals surface area contributed by atoms with Gasteiger partial charge in [0.1, 0.15) is 5.82 Å². The first-order valence-electron chi connectivity index (χ1n) is 6.66. The van der Waals surface area contributed by atoms with Crippen LogP contribution in [0.15, 0.2) is 32.9 Å². The number of aromatic nitrogens is 3. The first-order valence-corrected chi connectivity index (χ1v) is 7.04. The van der Waals surface area contributed by atoms with Crippen molar-refractivity contribution < 1.29 is 9.18 Å². The zero-order valence-electron chi connectivity index (χ0n) is 12.1. The molecule has 1 heterocycles. The minimum absolute atomic E-state index is 0.0391. The van der Waals surface area contributed by atoms with Crippen molar-refractivity contribution in [3.63, 3.8) is 0 Å². The van der Waals surface area contributed by atoms with Gasteiger partial charge in [-0.3, -0.25) is 14.6 Å². The molecule has 0 aliphatic carbocycles. The third kappa shape index (κ3) is 4.74. The average Bonchev–Trinajstić information content (AvgIpc) is 2.52. The lowest BCUT2D eigenvalue weighted by Crippen LogP contribution is -2.28. The quantitative estimate of drug-likeness (QED) is 0.434. The second kappa shape index (κ2) is 8.02. The van der Waals surface area contributed by atoms with Gasteiger partial charge in [0.25, 0.3) is 5.56 Å². The van der Waals surface area contributed by atoms with E-state index in [-0.39, 0.29) is 29.4 Å². The van der Waals surface area contributed by atoms with Crippen LogP contribution in [0, 0.1) is 5.82 Å². The number of amides is 1. The minimum atomic E-state index is -0.732. The van der Waals surface area contributed by atoms with Gasteiger partial charge in [0.05, 0.1) is 11.2 Å². The molecule has 24 heavy (non-hydrogen) atoms. The van der Waals surface area contributed by atoms with E-state index in [1.54, 1.807) is 0 Å². The summed E-state index contributed by atoms with van der Waals surface area (Å²) in [5.41, 5.74) is 0.819. The summed E-state index contributed by atoms with van der Waals surface area (Å²) in [5.74, 6) is -1.17. The number of benzene rings is 1. The number of hydrazone groups is 1. The Bertz CT molecular complexity index is 858. The smallest absolute Gasteiger partial charge is 0.342 e. The predicted molar refractivity (Wildman–Crippen MR) is 85.7 cm³/mol. The van der Waals surface area contributed by atoms with Crippen LogP contribution in [-0.4, -0.2) is 33.8 Å². The Kier molecular flexibility index (Phi) is 5.79. The summed E-state index contributed by atoms with van der Waals surface area (Å²) in [6.07, 6.45) is 1.06. The number of halogens is 2. The van der Waals surface area contributed by atoms with E-state index < -0.39 is 23.0 Å². The molecule has 9 nitrogen and oxygen atoms in total. The van der Waals surface area contributed by atoms with Gasteiger partial charge in [0.2, 0.25) is 11.7 Å². The van der Waals surface area contributed by atoms with Gasteiger partial charge < -0.3 is 5.32 Å². The summed E-state index contributed by atoms with van der Waals surface area (Å²) >= 11 is 5.80. The van der Waals surface area contributed by atoms with Gasteiger partial charge in [0.15, 0.2) is 0 Å². The van der Waals surface area contributed by atoms with Crippen LogP contribution >= 0.6 is 11.6 Å². The number of carbonyl (C=O) groups excluding carboxylic acids is 1. The molecule has 0 saturated heterocycles. The zero-order chi connectivity index (χ0) is 17.5. The molecule has 0 spiro atoms. The number of nitrogens with one attached hydrogen (secondary N) is 4. The van der Waals surface area contributed by atoms with Crippen molar-refractivity contribution in [2.24, 2.45) is 5.10 Å². The van der Waals surface area contributed by atoms with Gasteiger partial charge in [0, 0.05) is 18.5 Å². The highest BCUT2D eigenvalue weighted by Crippen LogP contribution is 2.16. The van der Waals surface area contributed by atoms with E-state index in [0.29, 0.717) is 0 Å². The maximum absolute atomic E-state index is 13.5. The highest BCUT2D eigenvalue weighted by molar-refractivity contribution is 6.33. The normalized spacial score (nSPS) is 10.8. The van der Waals surface area contributed by atoms with Gasteiger partial charge in [-0.25, -0.2) is 19.7 Å². The molecular formula is C13H12ClFN6O3. The number of anilines is 1. The molecule has 126 valence electrons. The van der Waals surface area contributed by atoms with Crippen LogP contribution in [0.3, 0.4) is 0 Å². The van der Waals surface area contributed by atoms with Crippen LogP contribution in [0.2, 0.25) is 5.02 Å². The number of carbonyl (C=O) groups is 1. The van der Waals surface area contributed by atoms with E-state index in [1.807, 2.05) is 10.1 Å². The summed E-state index contributed by atoms with van der Waals surface area (Å²) < 4.78 is 13.5. The van der Waals surface area contributed by atoms with Crippen LogP contribution in [0.25, 0.3) is 0 Å². The number of hydrogen-bond acceptors (Lipinski definition) is 6. The van der Waals surface area contributed by atoms with Gasteiger partial charge in [-0.15, -0.1) is 5.10 Å². The molecule has 0 aliphatic heterocycles. The summed E-state index contributed by atoms with van der Waals surface area (Å²) in [5, 5.41) is 11.9. The molecule has 0 atom stereocenters. The number of nitrogens with zero attached hydrogens (tertiary/aromatic N) is 2. The first-order chi connectivity index (χ1) is 11.5. The lowest BCUT2D eigenvalue weighted by Gasteiger charge is -2.03. The van der Waals surface area contributed by atoms with Gasteiger partial charge in [-0.05, 0) is 12.1 Å². The fourth-order valence-corrected chi connectivity index (χ4v) is 1.83.